The summed E-state index contributed by atoms with van der Waals surface area (Å²) in [5.41, 5.74) is 2.81. The Hall–Kier alpha value is -0.580. The van der Waals surface area contributed by atoms with Crippen molar-refractivity contribution in [2.75, 3.05) is 7.11 Å². The van der Waals surface area contributed by atoms with Crippen LogP contribution in [-0.4, -0.2) is 7.11 Å². The summed E-state index contributed by atoms with van der Waals surface area (Å²) in [4.78, 5) is 1.22. The number of hydrogen-bond donors (Lipinski definition) is 2. The highest BCUT2D eigenvalue weighted by Gasteiger charge is 2.15. The van der Waals surface area contributed by atoms with Crippen molar-refractivity contribution in [1.82, 2.24) is 5.43 Å². The van der Waals surface area contributed by atoms with Gasteiger partial charge in [-0.3, -0.25) is 11.3 Å². The molecular formula is C9H16N2OS. The van der Waals surface area contributed by atoms with Gasteiger partial charge in [-0.15, -0.1) is 11.3 Å². The first kappa shape index (κ1) is 10.5. The molecule has 3 nitrogen and oxygen atoms in total. The average molecular weight is 200 g/mol. The Bertz CT molecular complexity index is 260. The molecule has 0 bridgehead atoms. The number of hydrogen-bond acceptors (Lipinski definition) is 4. The number of nitrogens with two attached hydrogens (primary N) is 1. The van der Waals surface area contributed by atoms with Crippen LogP contribution < -0.4 is 16.0 Å². The molecule has 0 aliphatic rings. The van der Waals surface area contributed by atoms with Crippen molar-refractivity contribution in [3.05, 3.63) is 16.3 Å². The summed E-state index contributed by atoms with van der Waals surface area (Å²) >= 11 is 1.67. The maximum absolute atomic E-state index is 5.47. The van der Waals surface area contributed by atoms with Gasteiger partial charge in [0.2, 0.25) is 0 Å². The predicted octanol–water partition coefficient (Wildman–Crippen LogP) is 1.92. The van der Waals surface area contributed by atoms with Crippen LogP contribution in [0.15, 0.2) is 11.4 Å². The van der Waals surface area contributed by atoms with E-state index in [1.807, 2.05) is 11.4 Å². The first-order valence-corrected chi connectivity index (χ1v) is 5.15. The third kappa shape index (κ3) is 2.43. The molecule has 4 heteroatoms. The zero-order chi connectivity index (χ0) is 9.84. The van der Waals surface area contributed by atoms with E-state index in [-0.39, 0.29) is 6.04 Å². The van der Waals surface area contributed by atoms with Gasteiger partial charge in [-0.05, 0) is 12.0 Å². The first-order chi connectivity index (χ1) is 6.19. The Labute approximate surface area is 82.9 Å². The molecule has 3 N–H and O–H groups in total. The second-order valence-corrected chi connectivity index (χ2v) is 4.22. The van der Waals surface area contributed by atoms with E-state index in [1.165, 1.54) is 4.88 Å². The minimum Gasteiger partial charge on any atom is -0.496 e. The van der Waals surface area contributed by atoms with Crippen LogP contribution in [0, 0.1) is 5.92 Å². The molecular weight excluding hydrogens is 184 g/mol. The van der Waals surface area contributed by atoms with Gasteiger partial charge < -0.3 is 4.74 Å². The maximum Gasteiger partial charge on any atom is 0.129 e. The minimum atomic E-state index is 0.217. The lowest BCUT2D eigenvalue weighted by Gasteiger charge is -2.17. The number of hydrazine groups is 1. The fraction of sp³-hybridized carbons (Fsp3) is 0.556. The van der Waals surface area contributed by atoms with E-state index in [4.69, 9.17) is 10.6 Å². The molecule has 0 saturated heterocycles. The highest BCUT2D eigenvalue weighted by atomic mass is 32.1. The SMILES string of the molecule is COc1csc(C(NN)C(C)C)c1. The summed E-state index contributed by atoms with van der Waals surface area (Å²) in [6.07, 6.45) is 0. The van der Waals surface area contributed by atoms with Gasteiger partial charge in [-0.25, -0.2) is 0 Å². The summed E-state index contributed by atoms with van der Waals surface area (Å²) in [7, 11) is 1.67. The largest absolute Gasteiger partial charge is 0.496 e. The fourth-order valence-electron chi connectivity index (χ4n) is 1.21. The number of nitrogens with one attached hydrogen (secondary N) is 1. The Morgan fingerprint density at radius 2 is 2.23 bits per heavy atom. The third-order valence-electron chi connectivity index (χ3n) is 1.98. The van der Waals surface area contributed by atoms with Gasteiger partial charge in [0.05, 0.1) is 13.2 Å². The van der Waals surface area contributed by atoms with E-state index in [0.29, 0.717) is 5.92 Å². The molecule has 0 amide bonds. The standard InChI is InChI=1S/C9H16N2OS/c1-6(2)9(11-10)8-4-7(12-3)5-13-8/h4-6,9,11H,10H2,1-3H3. The molecule has 1 rings (SSSR count). The number of ether oxygens (including phenoxy) is 1. The quantitative estimate of drug-likeness (QED) is 0.576. The van der Waals surface area contributed by atoms with E-state index in [0.717, 1.165) is 5.75 Å². The summed E-state index contributed by atoms with van der Waals surface area (Å²) in [6, 6.07) is 2.24. The second-order valence-electron chi connectivity index (χ2n) is 3.28. The Balaban J connectivity index is 2.79. The highest BCUT2D eigenvalue weighted by molar-refractivity contribution is 7.10. The summed E-state index contributed by atoms with van der Waals surface area (Å²) < 4.78 is 5.11. The van der Waals surface area contributed by atoms with Crippen molar-refractivity contribution in [3.63, 3.8) is 0 Å². The topological polar surface area (TPSA) is 47.3 Å². The van der Waals surface area contributed by atoms with Crippen LogP contribution in [0.2, 0.25) is 0 Å². The molecule has 1 aromatic heterocycles. The molecule has 0 fully saturated rings. The molecule has 0 spiro atoms. The molecule has 1 unspecified atom stereocenters. The van der Waals surface area contributed by atoms with Crippen LogP contribution in [-0.2, 0) is 0 Å². The van der Waals surface area contributed by atoms with E-state index < -0.39 is 0 Å². The van der Waals surface area contributed by atoms with Crippen molar-refractivity contribution in [1.29, 1.82) is 0 Å². The maximum atomic E-state index is 5.47. The molecule has 13 heavy (non-hydrogen) atoms. The van der Waals surface area contributed by atoms with Gasteiger partial charge in [0.15, 0.2) is 0 Å². The van der Waals surface area contributed by atoms with Crippen molar-refractivity contribution >= 4 is 11.3 Å². The summed E-state index contributed by atoms with van der Waals surface area (Å²) in [6.45, 7) is 4.27. The third-order valence-corrected chi connectivity index (χ3v) is 2.98. The molecule has 0 saturated carbocycles. The van der Waals surface area contributed by atoms with Gasteiger partial charge in [0.25, 0.3) is 0 Å². The van der Waals surface area contributed by atoms with Crippen molar-refractivity contribution < 1.29 is 4.74 Å². The average Bonchev–Trinajstić information content (AvgIpc) is 2.53. The van der Waals surface area contributed by atoms with Gasteiger partial charge in [0.1, 0.15) is 5.75 Å². The highest BCUT2D eigenvalue weighted by Crippen LogP contribution is 2.30. The lowest BCUT2D eigenvalue weighted by molar-refractivity contribution is 0.409. The molecule has 1 aromatic rings. The van der Waals surface area contributed by atoms with Gasteiger partial charge in [-0.1, -0.05) is 13.8 Å². The number of methoxy groups -OCH3 is 1. The lowest BCUT2D eigenvalue weighted by atomic mass is 10.0. The number of rotatable bonds is 4. The molecule has 0 radical (unpaired) electrons. The number of thiophene rings is 1. The normalized spacial score (nSPS) is 13.3. The Morgan fingerprint density at radius 1 is 1.54 bits per heavy atom. The van der Waals surface area contributed by atoms with Crippen molar-refractivity contribution in [2.24, 2.45) is 11.8 Å². The Morgan fingerprint density at radius 3 is 2.62 bits per heavy atom. The van der Waals surface area contributed by atoms with Gasteiger partial charge in [-0.2, -0.15) is 0 Å². The van der Waals surface area contributed by atoms with E-state index in [1.54, 1.807) is 18.4 Å². The van der Waals surface area contributed by atoms with Crippen molar-refractivity contribution in [2.45, 2.75) is 19.9 Å². The molecule has 1 atom stereocenters. The van der Waals surface area contributed by atoms with Crippen LogP contribution in [0.1, 0.15) is 24.8 Å². The summed E-state index contributed by atoms with van der Waals surface area (Å²) in [5, 5.41) is 1.99. The molecule has 1 heterocycles. The first-order valence-electron chi connectivity index (χ1n) is 4.27. The lowest BCUT2D eigenvalue weighted by Crippen LogP contribution is -2.30. The smallest absolute Gasteiger partial charge is 0.129 e. The van der Waals surface area contributed by atoms with Gasteiger partial charge >= 0.3 is 0 Å². The fourth-order valence-corrected chi connectivity index (χ4v) is 2.30. The van der Waals surface area contributed by atoms with E-state index in [9.17, 15) is 0 Å². The van der Waals surface area contributed by atoms with Crippen LogP contribution in [0.25, 0.3) is 0 Å². The second kappa shape index (κ2) is 4.60. The predicted molar refractivity (Wildman–Crippen MR) is 55.8 cm³/mol. The van der Waals surface area contributed by atoms with E-state index in [2.05, 4.69) is 19.3 Å². The van der Waals surface area contributed by atoms with Gasteiger partial charge in [0, 0.05) is 10.3 Å². The van der Waals surface area contributed by atoms with Crippen LogP contribution >= 0.6 is 11.3 Å². The molecule has 74 valence electrons. The van der Waals surface area contributed by atoms with E-state index >= 15 is 0 Å². The van der Waals surface area contributed by atoms with Crippen LogP contribution in [0.4, 0.5) is 0 Å². The Kier molecular flexibility index (Phi) is 3.71. The molecule has 0 aliphatic carbocycles. The minimum absolute atomic E-state index is 0.217. The zero-order valence-electron chi connectivity index (χ0n) is 8.20. The monoisotopic (exact) mass is 200 g/mol. The zero-order valence-corrected chi connectivity index (χ0v) is 9.02. The van der Waals surface area contributed by atoms with Crippen LogP contribution in [0.5, 0.6) is 5.75 Å². The van der Waals surface area contributed by atoms with Crippen molar-refractivity contribution in [3.8, 4) is 5.75 Å². The molecule has 0 aromatic carbocycles. The van der Waals surface area contributed by atoms with Crippen LogP contribution in [0.3, 0.4) is 0 Å². The molecule has 0 aliphatic heterocycles. The summed E-state index contributed by atoms with van der Waals surface area (Å²) in [5.74, 6) is 6.86.